The molecular weight excluding hydrogens is 244 g/mol. The Morgan fingerprint density at radius 2 is 2.11 bits per heavy atom. The number of pyridine rings is 1. The summed E-state index contributed by atoms with van der Waals surface area (Å²) in [5.74, 6) is 0.892. The number of hydrogen-bond donors (Lipinski definition) is 1. The van der Waals surface area contributed by atoms with Crippen LogP contribution in [0.15, 0.2) is 18.3 Å². The molecule has 0 aliphatic carbocycles. The number of nitrogens with zero attached hydrogens (tertiary/aromatic N) is 3. The fourth-order valence-electron chi connectivity index (χ4n) is 2.18. The van der Waals surface area contributed by atoms with Crippen molar-refractivity contribution < 1.29 is 0 Å². The second kappa shape index (κ2) is 3.81. The van der Waals surface area contributed by atoms with E-state index in [4.69, 9.17) is 5.73 Å². The normalized spacial score (nSPS) is 11.3. The lowest BCUT2D eigenvalue weighted by molar-refractivity contribution is 0.959. The molecular formula is C13H14N4S. The minimum absolute atomic E-state index is 0.762. The second-order valence-corrected chi connectivity index (χ2v) is 5.62. The molecule has 0 aliphatic rings. The fraction of sp³-hybridized carbons (Fsp3) is 0.231. The quantitative estimate of drug-likeness (QED) is 0.730. The lowest BCUT2D eigenvalue weighted by Gasteiger charge is -2.03. The molecule has 2 N–H and O–H groups in total. The molecule has 3 aromatic heterocycles. The SMILES string of the molecule is Cc1sc(N)c(-c2nc3ncccc3n2C)c1C. The van der Waals surface area contributed by atoms with Gasteiger partial charge in [0.1, 0.15) is 5.82 Å². The number of nitrogens with two attached hydrogens (primary N) is 1. The van der Waals surface area contributed by atoms with Gasteiger partial charge in [0.15, 0.2) is 5.65 Å². The maximum Gasteiger partial charge on any atom is 0.178 e. The Balaban J connectivity index is 2.35. The van der Waals surface area contributed by atoms with Gasteiger partial charge in [-0.25, -0.2) is 9.97 Å². The summed E-state index contributed by atoms with van der Waals surface area (Å²) in [7, 11) is 2.00. The summed E-state index contributed by atoms with van der Waals surface area (Å²) < 4.78 is 2.05. The van der Waals surface area contributed by atoms with Crippen LogP contribution >= 0.6 is 11.3 Å². The molecule has 0 atom stereocenters. The van der Waals surface area contributed by atoms with Crippen molar-refractivity contribution in [3.8, 4) is 11.4 Å². The molecule has 4 nitrogen and oxygen atoms in total. The zero-order valence-corrected chi connectivity index (χ0v) is 11.4. The Hall–Kier alpha value is -1.88. The van der Waals surface area contributed by atoms with Crippen molar-refractivity contribution in [2.24, 2.45) is 7.05 Å². The third-order valence-electron chi connectivity index (χ3n) is 3.29. The molecule has 3 heterocycles. The second-order valence-electron chi connectivity index (χ2n) is 4.36. The lowest BCUT2D eigenvalue weighted by atomic mass is 10.1. The zero-order chi connectivity index (χ0) is 12.9. The summed E-state index contributed by atoms with van der Waals surface area (Å²) in [5.41, 5.74) is 10.1. The van der Waals surface area contributed by atoms with E-state index >= 15 is 0 Å². The van der Waals surface area contributed by atoms with Gasteiger partial charge in [0, 0.05) is 18.1 Å². The minimum atomic E-state index is 0.762. The lowest BCUT2D eigenvalue weighted by Crippen LogP contribution is -1.95. The van der Waals surface area contributed by atoms with Crippen molar-refractivity contribution in [2.45, 2.75) is 13.8 Å². The van der Waals surface area contributed by atoms with Crippen molar-refractivity contribution in [3.63, 3.8) is 0 Å². The van der Waals surface area contributed by atoms with Crippen LogP contribution in [0.4, 0.5) is 5.00 Å². The predicted molar refractivity (Wildman–Crippen MR) is 75.7 cm³/mol. The van der Waals surface area contributed by atoms with Crippen LogP contribution in [0, 0.1) is 13.8 Å². The van der Waals surface area contributed by atoms with E-state index < -0.39 is 0 Å². The summed E-state index contributed by atoms with van der Waals surface area (Å²) in [6.45, 7) is 4.17. The van der Waals surface area contributed by atoms with Crippen LogP contribution in [0.2, 0.25) is 0 Å². The van der Waals surface area contributed by atoms with Crippen molar-refractivity contribution in [2.75, 3.05) is 5.73 Å². The smallest absolute Gasteiger partial charge is 0.178 e. The number of nitrogen functional groups attached to an aromatic ring is 1. The average Bonchev–Trinajstić information content (AvgIpc) is 2.79. The molecule has 3 rings (SSSR count). The minimum Gasteiger partial charge on any atom is -0.390 e. The monoisotopic (exact) mass is 258 g/mol. The first-order valence-electron chi connectivity index (χ1n) is 5.73. The van der Waals surface area contributed by atoms with Crippen molar-refractivity contribution in [1.29, 1.82) is 0 Å². The number of aromatic nitrogens is 3. The van der Waals surface area contributed by atoms with Gasteiger partial charge in [-0.05, 0) is 31.5 Å². The van der Waals surface area contributed by atoms with E-state index in [-0.39, 0.29) is 0 Å². The Morgan fingerprint density at radius 1 is 1.33 bits per heavy atom. The number of hydrogen-bond acceptors (Lipinski definition) is 4. The molecule has 0 saturated carbocycles. The topological polar surface area (TPSA) is 56.7 Å². The van der Waals surface area contributed by atoms with Gasteiger partial charge in [-0.15, -0.1) is 11.3 Å². The van der Waals surface area contributed by atoms with Gasteiger partial charge < -0.3 is 10.3 Å². The van der Waals surface area contributed by atoms with Crippen molar-refractivity contribution >= 4 is 27.5 Å². The average molecular weight is 258 g/mol. The first kappa shape index (κ1) is 11.2. The van der Waals surface area contributed by atoms with Gasteiger partial charge in [0.2, 0.25) is 0 Å². The van der Waals surface area contributed by atoms with Gasteiger partial charge in [-0.3, -0.25) is 0 Å². The van der Waals surface area contributed by atoms with Crippen molar-refractivity contribution in [3.05, 3.63) is 28.8 Å². The Bertz CT molecular complexity index is 739. The highest BCUT2D eigenvalue weighted by Gasteiger charge is 2.18. The summed E-state index contributed by atoms with van der Waals surface area (Å²) in [4.78, 5) is 10.1. The van der Waals surface area contributed by atoms with Crippen LogP contribution in [0.3, 0.4) is 0 Å². The molecule has 5 heteroatoms. The van der Waals surface area contributed by atoms with Crippen molar-refractivity contribution in [1.82, 2.24) is 14.5 Å². The highest BCUT2D eigenvalue weighted by atomic mass is 32.1. The van der Waals surface area contributed by atoms with Crippen LogP contribution in [0.25, 0.3) is 22.6 Å². The van der Waals surface area contributed by atoms with Crippen LogP contribution in [-0.4, -0.2) is 14.5 Å². The van der Waals surface area contributed by atoms with E-state index in [1.807, 2.05) is 23.7 Å². The van der Waals surface area contributed by atoms with Crippen LogP contribution in [0.5, 0.6) is 0 Å². The largest absolute Gasteiger partial charge is 0.390 e. The number of imidazole rings is 1. The van der Waals surface area contributed by atoms with E-state index in [0.717, 1.165) is 27.6 Å². The molecule has 0 spiro atoms. The van der Waals surface area contributed by atoms with E-state index in [0.29, 0.717) is 0 Å². The molecule has 0 saturated heterocycles. The number of rotatable bonds is 1. The van der Waals surface area contributed by atoms with E-state index in [9.17, 15) is 0 Å². The van der Waals surface area contributed by atoms with Gasteiger partial charge >= 0.3 is 0 Å². The first-order valence-corrected chi connectivity index (χ1v) is 6.54. The molecule has 0 amide bonds. The molecule has 0 fully saturated rings. The van der Waals surface area contributed by atoms with Crippen LogP contribution in [-0.2, 0) is 7.05 Å². The van der Waals surface area contributed by atoms with E-state index in [2.05, 4.69) is 23.8 Å². The molecule has 3 aromatic rings. The first-order chi connectivity index (χ1) is 8.59. The summed E-state index contributed by atoms with van der Waals surface area (Å²) >= 11 is 1.61. The molecule has 0 bridgehead atoms. The Kier molecular flexibility index (Phi) is 2.38. The van der Waals surface area contributed by atoms with Gasteiger partial charge in [-0.2, -0.15) is 0 Å². The third kappa shape index (κ3) is 1.44. The Morgan fingerprint density at radius 3 is 2.72 bits per heavy atom. The highest BCUT2D eigenvalue weighted by Crippen LogP contribution is 2.38. The molecule has 0 aromatic carbocycles. The summed E-state index contributed by atoms with van der Waals surface area (Å²) in [6, 6.07) is 3.94. The molecule has 0 aliphatic heterocycles. The zero-order valence-electron chi connectivity index (χ0n) is 10.6. The summed E-state index contributed by atoms with van der Waals surface area (Å²) in [5, 5.41) is 0.823. The van der Waals surface area contributed by atoms with Gasteiger partial charge in [0.05, 0.1) is 16.1 Å². The molecule has 18 heavy (non-hydrogen) atoms. The number of thiophene rings is 1. The Labute approximate surface area is 109 Å². The molecule has 0 unspecified atom stereocenters. The van der Waals surface area contributed by atoms with E-state index in [1.54, 1.807) is 17.5 Å². The van der Waals surface area contributed by atoms with Gasteiger partial charge in [-0.1, -0.05) is 0 Å². The number of anilines is 1. The molecule has 92 valence electrons. The number of fused-ring (bicyclic) bond motifs is 1. The highest BCUT2D eigenvalue weighted by molar-refractivity contribution is 7.16. The summed E-state index contributed by atoms with van der Waals surface area (Å²) in [6.07, 6.45) is 1.76. The van der Waals surface area contributed by atoms with E-state index in [1.165, 1.54) is 10.4 Å². The van der Waals surface area contributed by atoms with Crippen LogP contribution < -0.4 is 5.73 Å². The van der Waals surface area contributed by atoms with Crippen LogP contribution in [0.1, 0.15) is 10.4 Å². The fourth-order valence-corrected chi connectivity index (χ4v) is 3.11. The maximum absolute atomic E-state index is 6.11. The third-order valence-corrected chi connectivity index (χ3v) is 4.33. The number of aryl methyl sites for hydroxylation is 2. The molecule has 0 radical (unpaired) electrons. The maximum atomic E-state index is 6.11. The standard InChI is InChI=1S/C13H14N4S/c1-7-8(2)18-11(14)10(7)13-16-12-9(17(13)3)5-4-6-15-12/h4-6H,14H2,1-3H3. The predicted octanol–water partition coefficient (Wildman–Crippen LogP) is 2.90. The van der Waals surface area contributed by atoms with Gasteiger partial charge in [0.25, 0.3) is 0 Å².